The van der Waals surface area contributed by atoms with Crippen LogP contribution in [0.2, 0.25) is 10.2 Å². The fourth-order valence-electron chi connectivity index (χ4n) is 1.19. The summed E-state index contributed by atoms with van der Waals surface area (Å²) >= 11 is 17.0. The van der Waals surface area contributed by atoms with Crippen molar-refractivity contribution in [3.63, 3.8) is 0 Å². The van der Waals surface area contributed by atoms with Crippen molar-refractivity contribution in [2.24, 2.45) is 0 Å². The molecule has 2 rings (SSSR count). The highest BCUT2D eigenvalue weighted by atomic mass is 35.5. The van der Waals surface area contributed by atoms with Gasteiger partial charge in [0.2, 0.25) is 0 Å². The van der Waals surface area contributed by atoms with Gasteiger partial charge in [-0.05, 0) is 23.7 Å². The average Bonchev–Trinajstić information content (AvgIpc) is 2.61. The lowest BCUT2D eigenvalue weighted by molar-refractivity contribution is 0.107. The summed E-state index contributed by atoms with van der Waals surface area (Å²) < 4.78 is 1.21. The van der Waals surface area contributed by atoms with Crippen molar-refractivity contribution in [2.75, 3.05) is 0 Å². The highest BCUT2D eigenvalue weighted by Gasteiger charge is 2.16. The third-order valence-electron chi connectivity index (χ3n) is 1.82. The van der Waals surface area contributed by atoms with E-state index in [1.807, 2.05) is 0 Å². The van der Waals surface area contributed by atoms with Crippen LogP contribution in [-0.4, -0.2) is 20.0 Å². The number of rotatable bonds is 2. The second-order valence-corrected chi connectivity index (χ2v) is 3.98. The van der Waals surface area contributed by atoms with Crippen molar-refractivity contribution in [1.82, 2.24) is 14.8 Å². The number of hydrogen-bond donors (Lipinski definition) is 0. The molecule has 0 fully saturated rings. The second kappa shape index (κ2) is 4.41. The molecule has 0 radical (unpaired) electrons. The smallest absolute Gasteiger partial charge is 0.271 e. The summed E-state index contributed by atoms with van der Waals surface area (Å²) in [5.41, 5.74) is 0.118. The number of pyridine rings is 1. The molecule has 2 aromatic heterocycles. The van der Waals surface area contributed by atoms with E-state index >= 15 is 0 Å². The van der Waals surface area contributed by atoms with Gasteiger partial charge in [-0.3, -0.25) is 4.79 Å². The van der Waals surface area contributed by atoms with Gasteiger partial charge in [0, 0.05) is 12.3 Å². The minimum atomic E-state index is -0.680. The first-order valence-electron chi connectivity index (χ1n) is 4.16. The first-order valence-corrected chi connectivity index (χ1v) is 5.29. The number of aromatic nitrogens is 3. The Hall–Kier alpha value is -1.10. The minimum Gasteiger partial charge on any atom is -0.274 e. The molecule has 16 heavy (non-hydrogen) atoms. The summed E-state index contributed by atoms with van der Waals surface area (Å²) in [7, 11) is 0. The van der Waals surface area contributed by atoms with Crippen LogP contribution in [0.4, 0.5) is 0 Å². The molecule has 7 heteroatoms. The van der Waals surface area contributed by atoms with Crippen molar-refractivity contribution < 1.29 is 4.79 Å². The summed E-state index contributed by atoms with van der Waals surface area (Å²) in [5, 5.41) is 3.71. The average molecular weight is 277 g/mol. The van der Waals surface area contributed by atoms with Gasteiger partial charge in [-0.15, -0.1) is 0 Å². The van der Waals surface area contributed by atoms with E-state index in [2.05, 4.69) is 10.1 Å². The molecule has 0 bridgehead atoms. The molecule has 0 aromatic carbocycles. The van der Waals surface area contributed by atoms with E-state index in [9.17, 15) is 4.79 Å². The van der Waals surface area contributed by atoms with Crippen molar-refractivity contribution in [3.8, 4) is 5.82 Å². The van der Waals surface area contributed by atoms with Crippen LogP contribution >= 0.6 is 34.8 Å². The molecule has 0 unspecified atom stereocenters. The lowest BCUT2D eigenvalue weighted by atomic mass is 10.4. The Labute approximate surface area is 106 Å². The third-order valence-corrected chi connectivity index (χ3v) is 2.49. The van der Waals surface area contributed by atoms with E-state index in [1.165, 1.54) is 16.9 Å². The molecule has 0 aliphatic rings. The molecule has 2 aromatic rings. The normalized spacial score (nSPS) is 10.4. The zero-order valence-corrected chi connectivity index (χ0v) is 9.96. The quantitative estimate of drug-likeness (QED) is 0.792. The maximum absolute atomic E-state index is 11.1. The molecule has 0 saturated carbocycles. The number of carbonyl (C=O) groups is 1. The van der Waals surface area contributed by atoms with Crippen molar-refractivity contribution in [1.29, 1.82) is 0 Å². The molecule has 0 atom stereocenters. The van der Waals surface area contributed by atoms with Gasteiger partial charge in [0.25, 0.3) is 5.24 Å². The van der Waals surface area contributed by atoms with E-state index < -0.39 is 5.24 Å². The zero-order chi connectivity index (χ0) is 11.7. The Morgan fingerprint density at radius 3 is 2.75 bits per heavy atom. The first-order chi connectivity index (χ1) is 7.59. The predicted molar refractivity (Wildman–Crippen MR) is 61.6 cm³/mol. The van der Waals surface area contributed by atoms with Gasteiger partial charge in [0.15, 0.2) is 11.0 Å². The molecule has 0 aliphatic carbocycles. The van der Waals surface area contributed by atoms with E-state index in [-0.39, 0.29) is 10.8 Å². The molecule has 0 amide bonds. The van der Waals surface area contributed by atoms with Crippen molar-refractivity contribution in [3.05, 3.63) is 40.3 Å². The van der Waals surface area contributed by atoms with Gasteiger partial charge in [-0.25, -0.2) is 9.67 Å². The Balaban J connectivity index is 2.64. The molecular formula is C9H4Cl3N3O. The molecule has 0 aliphatic heterocycles. The molecule has 82 valence electrons. The summed E-state index contributed by atoms with van der Waals surface area (Å²) in [5.74, 6) is 0.306. The lowest BCUT2D eigenvalue weighted by Crippen LogP contribution is -2.06. The zero-order valence-electron chi connectivity index (χ0n) is 7.69. The maximum atomic E-state index is 11.1. The number of nitrogens with zero attached hydrogens (tertiary/aromatic N) is 3. The van der Waals surface area contributed by atoms with Crippen LogP contribution in [-0.2, 0) is 0 Å². The Kier molecular flexibility index (Phi) is 3.14. The minimum absolute atomic E-state index is 0.118. The number of carbonyl (C=O) groups excluding carboxylic acids is 1. The molecule has 0 spiro atoms. The van der Waals surface area contributed by atoms with Crippen molar-refractivity contribution in [2.45, 2.75) is 0 Å². The topological polar surface area (TPSA) is 47.8 Å². The number of hydrogen-bond acceptors (Lipinski definition) is 3. The van der Waals surface area contributed by atoms with Crippen LogP contribution in [0.5, 0.6) is 0 Å². The SMILES string of the molecule is O=C(Cl)c1cc(Cl)nn1-c1ncccc1Cl. The summed E-state index contributed by atoms with van der Waals surface area (Å²) in [6.45, 7) is 0. The Morgan fingerprint density at radius 2 is 2.12 bits per heavy atom. The van der Waals surface area contributed by atoms with Crippen molar-refractivity contribution >= 4 is 40.0 Å². The molecule has 0 N–H and O–H groups in total. The fourth-order valence-corrected chi connectivity index (χ4v) is 1.70. The van der Waals surface area contributed by atoms with Gasteiger partial charge in [-0.2, -0.15) is 5.10 Å². The Morgan fingerprint density at radius 1 is 1.38 bits per heavy atom. The first kappa shape index (κ1) is 11.4. The summed E-state index contributed by atoms with van der Waals surface area (Å²) in [6.07, 6.45) is 1.53. The fraction of sp³-hybridized carbons (Fsp3) is 0. The molecule has 4 nitrogen and oxygen atoms in total. The summed E-state index contributed by atoms with van der Waals surface area (Å²) in [6, 6.07) is 4.64. The van der Waals surface area contributed by atoms with Gasteiger partial charge in [0.05, 0.1) is 5.02 Å². The van der Waals surface area contributed by atoms with E-state index in [0.29, 0.717) is 10.8 Å². The van der Waals surface area contributed by atoms with Gasteiger partial charge >= 0.3 is 0 Å². The van der Waals surface area contributed by atoms with Gasteiger partial charge < -0.3 is 0 Å². The van der Waals surface area contributed by atoms with Gasteiger partial charge in [0.1, 0.15) is 5.69 Å². The van der Waals surface area contributed by atoms with E-state index in [1.54, 1.807) is 12.1 Å². The van der Waals surface area contributed by atoms with Crippen LogP contribution in [0.3, 0.4) is 0 Å². The monoisotopic (exact) mass is 275 g/mol. The highest BCUT2D eigenvalue weighted by molar-refractivity contribution is 6.67. The molecule has 2 heterocycles. The van der Waals surface area contributed by atoms with Gasteiger partial charge in [-0.1, -0.05) is 23.2 Å². The van der Waals surface area contributed by atoms with Crippen LogP contribution < -0.4 is 0 Å². The standard InChI is InChI=1S/C9H4Cl3N3O/c10-5-2-1-3-13-9(5)15-6(8(12)16)4-7(11)14-15/h1-4H. The Bertz CT molecular complexity index is 553. The predicted octanol–water partition coefficient (Wildman–Crippen LogP) is 2.95. The van der Waals surface area contributed by atoms with Crippen LogP contribution in [0.1, 0.15) is 10.5 Å². The van der Waals surface area contributed by atoms with E-state index in [0.717, 1.165) is 0 Å². The van der Waals surface area contributed by atoms with Crippen LogP contribution in [0, 0.1) is 0 Å². The second-order valence-electron chi connectivity index (χ2n) is 2.85. The number of halogens is 3. The largest absolute Gasteiger partial charge is 0.274 e. The maximum Gasteiger partial charge on any atom is 0.271 e. The molecule has 0 saturated heterocycles. The summed E-state index contributed by atoms with van der Waals surface area (Å²) in [4.78, 5) is 15.1. The molecular weight excluding hydrogens is 272 g/mol. The van der Waals surface area contributed by atoms with Crippen LogP contribution in [0.25, 0.3) is 5.82 Å². The highest BCUT2D eigenvalue weighted by Crippen LogP contribution is 2.21. The van der Waals surface area contributed by atoms with Crippen LogP contribution in [0.15, 0.2) is 24.4 Å². The lowest BCUT2D eigenvalue weighted by Gasteiger charge is -2.04. The van der Waals surface area contributed by atoms with E-state index in [4.69, 9.17) is 34.8 Å². The third kappa shape index (κ3) is 2.04.